The molecule has 1 aliphatic carbocycles. The van der Waals surface area contributed by atoms with Crippen molar-refractivity contribution in [1.82, 2.24) is 0 Å². The monoisotopic (exact) mass is 429 g/mol. The number of nitrogens with one attached hydrogen (secondary N) is 1. The normalized spacial score (nSPS) is 17.4. The number of hydrogen-bond acceptors (Lipinski definition) is 6. The molecule has 2 aliphatic rings. The highest BCUT2D eigenvalue weighted by Gasteiger charge is 2.35. The van der Waals surface area contributed by atoms with Crippen LogP contribution in [0.15, 0.2) is 18.2 Å². The van der Waals surface area contributed by atoms with Crippen LogP contribution in [0.3, 0.4) is 0 Å². The van der Waals surface area contributed by atoms with Crippen LogP contribution in [0, 0.1) is 11.3 Å². The fourth-order valence-electron chi connectivity index (χ4n) is 4.16. The molecule has 6 nitrogen and oxygen atoms in total. The number of fused-ring (bicyclic) bond motifs is 2. The standard InChI is InChI=1S/C23H27NO5S/c1-5-23(2,3)14-7-8-15-18(11-14)30-21(19(15)22(26)27-4)24-20(25)13-6-9-16-17(10-13)29-12-28-16/h6,9-10,14H,5,7-8,11-12H2,1-4H3,(H,24,25)/t14-/m0/s1. The number of anilines is 1. The lowest BCUT2D eigenvalue weighted by Gasteiger charge is -2.36. The molecule has 1 aliphatic heterocycles. The van der Waals surface area contributed by atoms with Crippen molar-refractivity contribution in [3.05, 3.63) is 39.8 Å². The quantitative estimate of drug-likeness (QED) is 0.673. The maximum absolute atomic E-state index is 12.9. The number of esters is 1. The van der Waals surface area contributed by atoms with Crippen LogP contribution in [-0.4, -0.2) is 25.8 Å². The third kappa shape index (κ3) is 3.67. The summed E-state index contributed by atoms with van der Waals surface area (Å²) in [5.41, 5.74) is 2.21. The highest BCUT2D eigenvalue weighted by Crippen LogP contribution is 2.45. The van der Waals surface area contributed by atoms with Gasteiger partial charge in [-0.25, -0.2) is 4.79 Å². The van der Waals surface area contributed by atoms with Gasteiger partial charge in [0, 0.05) is 10.4 Å². The summed E-state index contributed by atoms with van der Waals surface area (Å²) in [7, 11) is 1.38. The lowest BCUT2D eigenvalue weighted by atomic mass is 9.69. The topological polar surface area (TPSA) is 73.9 Å². The first-order valence-electron chi connectivity index (χ1n) is 10.3. The minimum Gasteiger partial charge on any atom is -0.465 e. The van der Waals surface area contributed by atoms with Crippen molar-refractivity contribution in [2.75, 3.05) is 19.2 Å². The summed E-state index contributed by atoms with van der Waals surface area (Å²) in [5.74, 6) is 1.03. The van der Waals surface area contributed by atoms with E-state index in [4.69, 9.17) is 14.2 Å². The molecule has 1 amide bonds. The average Bonchev–Trinajstić information content (AvgIpc) is 3.35. The Morgan fingerprint density at radius 2 is 2.03 bits per heavy atom. The SMILES string of the molecule is CCC(C)(C)[C@H]1CCc2c(sc(NC(=O)c3ccc4c(c3)OCO4)c2C(=O)OC)C1. The number of thiophene rings is 1. The Kier molecular flexibility index (Phi) is 5.49. The van der Waals surface area contributed by atoms with Crippen LogP contribution in [0.4, 0.5) is 5.00 Å². The number of hydrogen-bond donors (Lipinski definition) is 1. The predicted octanol–water partition coefficient (Wildman–Crippen LogP) is 5.06. The van der Waals surface area contributed by atoms with Crippen LogP contribution in [-0.2, 0) is 17.6 Å². The van der Waals surface area contributed by atoms with E-state index in [1.165, 1.54) is 23.3 Å². The third-order valence-corrected chi connectivity index (χ3v) is 7.70. The number of carbonyl (C=O) groups excluding carboxylic acids is 2. The van der Waals surface area contributed by atoms with E-state index in [1.807, 2.05) is 0 Å². The molecule has 160 valence electrons. The molecule has 0 saturated heterocycles. The molecule has 2 aromatic rings. The maximum atomic E-state index is 12.9. The number of methoxy groups -OCH3 is 1. The summed E-state index contributed by atoms with van der Waals surface area (Å²) >= 11 is 1.50. The molecule has 4 rings (SSSR count). The predicted molar refractivity (Wildman–Crippen MR) is 116 cm³/mol. The Bertz CT molecular complexity index is 994. The lowest BCUT2D eigenvalue weighted by Crippen LogP contribution is -2.28. The fourth-order valence-corrected chi connectivity index (χ4v) is 5.47. The van der Waals surface area contributed by atoms with Gasteiger partial charge in [0.1, 0.15) is 5.00 Å². The highest BCUT2D eigenvalue weighted by atomic mass is 32.1. The van der Waals surface area contributed by atoms with Crippen LogP contribution in [0.2, 0.25) is 0 Å². The zero-order valence-corrected chi connectivity index (χ0v) is 18.6. The molecule has 7 heteroatoms. The van der Waals surface area contributed by atoms with Gasteiger partial charge in [0.2, 0.25) is 6.79 Å². The van der Waals surface area contributed by atoms with Gasteiger partial charge >= 0.3 is 5.97 Å². The average molecular weight is 430 g/mol. The maximum Gasteiger partial charge on any atom is 0.341 e. The van der Waals surface area contributed by atoms with Crippen molar-refractivity contribution in [2.24, 2.45) is 11.3 Å². The van der Waals surface area contributed by atoms with Crippen LogP contribution >= 0.6 is 11.3 Å². The minimum atomic E-state index is -0.401. The van der Waals surface area contributed by atoms with Crippen molar-refractivity contribution < 1.29 is 23.8 Å². The first-order valence-corrected chi connectivity index (χ1v) is 11.1. The molecule has 30 heavy (non-hydrogen) atoms. The van der Waals surface area contributed by atoms with Crippen LogP contribution < -0.4 is 14.8 Å². The zero-order valence-electron chi connectivity index (χ0n) is 17.8. The van der Waals surface area contributed by atoms with Crippen molar-refractivity contribution in [2.45, 2.75) is 46.5 Å². The Balaban J connectivity index is 1.63. The van der Waals surface area contributed by atoms with E-state index in [0.717, 1.165) is 31.2 Å². The molecule has 0 unspecified atom stereocenters. The first-order chi connectivity index (χ1) is 14.3. The number of carbonyl (C=O) groups is 2. The van der Waals surface area contributed by atoms with E-state index in [2.05, 4.69) is 26.1 Å². The summed E-state index contributed by atoms with van der Waals surface area (Å²) in [6.07, 6.45) is 3.88. The van der Waals surface area contributed by atoms with Gasteiger partial charge in [-0.15, -0.1) is 11.3 Å². The smallest absolute Gasteiger partial charge is 0.341 e. The summed E-state index contributed by atoms with van der Waals surface area (Å²) in [6, 6.07) is 5.06. The Morgan fingerprint density at radius 1 is 1.27 bits per heavy atom. The van der Waals surface area contributed by atoms with E-state index >= 15 is 0 Å². The molecule has 0 bridgehead atoms. The second-order valence-corrected chi connectivity index (χ2v) is 9.61. The molecule has 1 N–H and O–H groups in total. The summed E-state index contributed by atoms with van der Waals surface area (Å²) in [4.78, 5) is 26.7. The van der Waals surface area contributed by atoms with E-state index in [-0.39, 0.29) is 18.1 Å². The van der Waals surface area contributed by atoms with Crippen LogP contribution in [0.1, 0.15) is 64.8 Å². The molecular weight excluding hydrogens is 402 g/mol. The second kappa shape index (κ2) is 7.95. The number of ether oxygens (including phenoxy) is 3. The van der Waals surface area contributed by atoms with Crippen molar-refractivity contribution in [3.63, 3.8) is 0 Å². The van der Waals surface area contributed by atoms with Crippen LogP contribution in [0.25, 0.3) is 0 Å². The van der Waals surface area contributed by atoms with Gasteiger partial charge < -0.3 is 19.5 Å². The van der Waals surface area contributed by atoms with Gasteiger partial charge in [-0.2, -0.15) is 0 Å². The molecule has 1 aromatic heterocycles. The van der Waals surface area contributed by atoms with Crippen molar-refractivity contribution in [1.29, 1.82) is 0 Å². The first kappa shape index (κ1) is 20.7. The molecular formula is C23H27NO5S. The van der Waals surface area contributed by atoms with E-state index in [9.17, 15) is 9.59 Å². The molecule has 0 spiro atoms. The van der Waals surface area contributed by atoms with E-state index in [0.29, 0.717) is 33.5 Å². The van der Waals surface area contributed by atoms with Gasteiger partial charge in [0.25, 0.3) is 5.91 Å². The number of amides is 1. The van der Waals surface area contributed by atoms with Gasteiger partial charge in [-0.3, -0.25) is 4.79 Å². The van der Waals surface area contributed by atoms with E-state index in [1.54, 1.807) is 18.2 Å². The Morgan fingerprint density at radius 3 is 2.77 bits per heavy atom. The van der Waals surface area contributed by atoms with Gasteiger partial charge in [0.15, 0.2) is 11.5 Å². The second-order valence-electron chi connectivity index (χ2n) is 8.50. The third-order valence-electron chi connectivity index (χ3n) is 6.53. The molecule has 0 saturated carbocycles. The van der Waals surface area contributed by atoms with E-state index < -0.39 is 5.97 Å². The summed E-state index contributed by atoms with van der Waals surface area (Å²) < 4.78 is 15.7. The number of rotatable bonds is 5. The van der Waals surface area contributed by atoms with Gasteiger partial charge in [-0.1, -0.05) is 27.2 Å². The van der Waals surface area contributed by atoms with Gasteiger partial charge in [-0.05, 0) is 54.4 Å². The molecule has 0 fully saturated rings. The summed E-state index contributed by atoms with van der Waals surface area (Å²) in [6.45, 7) is 6.99. The largest absolute Gasteiger partial charge is 0.465 e. The molecule has 1 atom stereocenters. The van der Waals surface area contributed by atoms with Crippen molar-refractivity contribution >= 4 is 28.2 Å². The highest BCUT2D eigenvalue weighted by molar-refractivity contribution is 7.17. The molecule has 0 radical (unpaired) electrons. The molecule has 1 aromatic carbocycles. The van der Waals surface area contributed by atoms with Crippen molar-refractivity contribution in [3.8, 4) is 11.5 Å². The Labute approximate surface area is 180 Å². The molecule has 2 heterocycles. The minimum absolute atomic E-state index is 0.153. The van der Waals surface area contributed by atoms with Gasteiger partial charge in [0.05, 0.1) is 12.7 Å². The lowest BCUT2D eigenvalue weighted by molar-refractivity contribution is 0.0600. The number of benzene rings is 1. The summed E-state index contributed by atoms with van der Waals surface area (Å²) in [5, 5.41) is 3.50. The Hall–Kier alpha value is -2.54. The van der Waals surface area contributed by atoms with Crippen LogP contribution in [0.5, 0.6) is 11.5 Å². The zero-order chi connectivity index (χ0) is 21.5. The fraction of sp³-hybridized carbons (Fsp3) is 0.478.